The average molecular weight is 306 g/mol. The fourth-order valence-corrected chi connectivity index (χ4v) is 1.96. The van der Waals surface area contributed by atoms with Crippen LogP contribution in [-0.4, -0.2) is 12.0 Å². The molecule has 2 aromatic rings. The van der Waals surface area contributed by atoms with Crippen LogP contribution in [0.1, 0.15) is 11.1 Å². The van der Waals surface area contributed by atoms with Crippen molar-refractivity contribution >= 4 is 27.4 Å². The number of para-hydroxylation sites is 1. The van der Waals surface area contributed by atoms with Crippen molar-refractivity contribution in [2.75, 3.05) is 17.7 Å². The Morgan fingerprint density at radius 2 is 2.06 bits per heavy atom. The number of nitrogens with zero attached hydrogens (tertiary/aromatic N) is 2. The number of anilines is 2. The third kappa shape index (κ3) is 2.82. The van der Waals surface area contributed by atoms with E-state index in [1.165, 1.54) is 5.56 Å². The molecule has 0 atom stereocenters. The summed E-state index contributed by atoms with van der Waals surface area (Å²) in [5.41, 5.74) is 9.05. The van der Waals surface area contributed by atoms with Crippen LogP contribution in [0.3, 0.4) is 0 Å². The standard InChI is InChI=1S/C14H16BrN3/c1-10-7-14(17-8-12(10)15)18(2)9-11-5-3-4-6-13(11)16/h3-8H,9,16H2,1-2H3. The lowest BCUT2D eigenvalue weighted by molar-refractivity contribution is 0.897. The van der Waals surface area contributed by atoms with E-state index in [9.17, 15) is 0 Å². The van der Waals surface area contributed by atoms with Gasteiger partial charge < -0.3 is 10.6 Å². The molecule has 0 bridgehead atoms. The van der Waals surface area contributed by atoms with Crippen molar-refractivity contribution in [1.82, 2.24) is 4.98 Å². The maximum atomic E-state index is 5.95. The van der Waals surface area contributed by atoms with Crippen LogP contribution in [0.4, 0.5) is 11.5 Å². The number of halogens is 1. The van der Waals surface area contributed by atoms with Gasteiger partial charge in [0.2, 0.25) is 0 Å². The summed E-state index contributed by atoms with van der Waals surface area (Å²) in [5.74, 6) is 0.943. The molecule has 1 aromatic heterocycles. The molecule has 0 spiro atoms. The van der Waals surface area contributed by atoms with Crippen LogP contribution in [0, 0.1) is 6.92 Å². The molecule has 0 fully saturated rings. The predicted molar refractivity (Wildman–Crippen MR) is 79.6 cm³/mol. The van der Waals surface area contributed by atoms with E-state index in [4.69, 9.17) is 5.73 Å². The van der Waals surface area contributed by atoms with Gasteiger partial charge in [-0.1, -0.05) is 18.2 Å². The molecule has 0 radical (unpaired) electrons. The molecule has 0 aliphatic carbocycles. The van der Waals surface area contributed by atoms with Crippen LogP contribution in [0.5, 0.6) is 0 Å². The predicted octanol–water partition coefficient (Wildman–Crippen LogP) is 3.37. The van der Waals surface area contributed by atoms with E-state index in [1.807, 2.05) is 37.5 Å². The van der Waals surface area contributed by atoms with E-state index < -0.39 is 0 Å². The molecule has 3 nitrogen and oxygen atoms in total. The highest BCUT2D eigenvalue weighted by atomic mass is 79.9. The Balaban J connectivity index is 2.19. The van der Waals surface area contributed by atoms with Crippen LogP contribution < -0.4 is 10.6 Å². The molecule has 0 saturated carbocycles. The van der Waals surface area contributed by atoms with E-state index in [0.717, 1.165) is 28.1 Å². The molecule has 0 unspecified atom stereocenters. The van der Waals surface area contributed by atoms with E-state index in [1.54, 1.807) is 0 Å². The quantitative estimate of drug-likeness (QED) is 0.884. The number of hydrogen-bond donors (Lipinski definition) is 1. The van der Waals surface area contributed by atoms with E-state index in [2.05, 4.69) is 38.8 Å². The Labute approximate surface area is 116 Å². The summed E-state index contributed by atoms with van der Waals surface area (Å²) in [5, 5.41) is 0. The molecule has 2 rings (SSSR count). The summed E-state index contributed by atoms with van der Waals surface area (Å²) in [4.78, 5) is 6.49. The van der Waals surface area contributed by atoms with E-state index in [0.29, 0.717) is 0 Å². The highest BCUT2D eigenvalue weighted by Gasteiger charge is 2.07. The lowest BCUT2D eigenvalue weighted by Crippen LogP contribution is -2.18. The Bertz CT molecular complexity index is 554. The third-order valence-electron chi connectivity index (χ3n) is 2.89. The van der Waals surface area contributed by atoms with Gasteiger partial charge in [-0.2, -0.15) is 0 Å². The molecule has 2 N–H and O–H groups in total. The van der Waals surface area contributed by atoms with Crippen LogP contribution in [-0.2, 0) is 6.54 Å². The number of nitrogens with two attached hydrogens (primary N) is 1. The van der Waals surface area contributed by atoms with Gasteiger partial charge in [0.1, 0.15) is 5.82 Å². The molecule has 0 saturated heterocycles. The summed E-state index contributed by atoms with van der Waals surface area (Å²) in [7, 11) is 2.02. The minimum atomic E-state index is 0.751. The second-order valence-electron chi connectivity index (χ2n) is 4.35. The molecule has 0 aliphatic heterocycles. The summed E-state index contributed by atoms with van der Waals surface area (Å²) < 4.78 is 1.03. The molecule has 18 heavy (non-hydrogen) atoms. The second-order valence-corrected chi connectivity index (χ2v) is 5.20. The van der Waals surface area contributed by atoms with Crippen LogP contribution in [0.2, 0.25) is 0 Å². The Morgan fingerprint density at radius 1 is 1.33 bits per heavy atom. The normalized spacial score (nSPS) is 10.4. The van der Waals surface area contributed by atoms with Gasteiger partial charge in [-0.25, -0.2) is 4.98 Å². The monoisotopic (exact) mass is 305 g/mol. The molecule has 1 heterocycles. The van der Waals surface area contributed by atoms with Crippen LogP contribution in [0.25, 0.3) is 0 Å². The first-order valence-corrected chi connectivity index (χ1v) is 6.54. The highest BCUT2D eigenvalue weighted by molar-refractivity contribution is 9.10. The summed E-state index contributed by atoms with van der Waals surface area (Å²) >= 11 is 3.46. The van der Waals surface area contributed by atoms with Crippen molar-refractivity contribution in [3.8, 4) is 0 Å². The molecule has 0 aliphatic rings. The van der Waals surface area contributed by atoms with Crippen molar-refractivity contribution in [3.05, 3.63) is 52.1 Å². The van der Waals surface area contributed by atoms with Gasteiger partial charge in [-0.3, -0.25) is 0 Å². The Hall–Kier alpha value is -1.55. The molecular formula is C14H16BrN3. The van der Waals surface area contributed by atoms with Crippen molar-refractivity contribution in [2.45, 2.75) is 13.5 Å². The van der Waals surface area contributed by atoms with Gasteiger partial charge >= 0.3 is 0 Å². The topological polar surface area (TPSA) is 42.1 Å². The smallest absolute Gasteiger partial charge is 0.128 e. The molecule has 1 aromatic carbocycles. The molecule has 94 valence electrons. The van der Waals surface area contributed by atoms with E-state index in [-0.39, 0.29) is 0 Å². The minimum Gasteiger partial charge on any atom is -0.398 e. The fraction of sp³-hybridized carbons (Fsp3) is 0.214. The fourth-order valence-electron chi connectivity index (χ4n) is 1.75. The van der Waals surface area contributed by atoms with Crippen molar-refractivity contribution in [3.63, 3.8) is 0 Å². The van der Waals surface area contributed by atoms with Crippen molar-refractivity contribution < 1.29 is 0 Å². The van der Waals surface area contributed by atoms with Gasteiger partial charge in [0.15, 0.2) is 0 Å². The third-order valence-corrected chi connectivity index (χ3v) is 3.72. The summed E-state index contributed by atoms with van der Waals surface area (Å²) in [6.45, 7) is 2.81. The SMILES string of the molecule is Cc1cc(N(C)Cc2ccccc2N)ncc1Br. The molecular weight excluding hydrogens is 290 g/mol. The molecule has 0 amide bonds. The number of hydrogen-bond acceptors (Lipinski definition) is 3. The zero-order chi connectivity index (χ0) is 13.1. The minimum absolute atomic E-state index is 0.751. The Morgan fingerprint density at radius 3 is 2.72 bits per heavy atom. The lowest BCUT2D eigenvalue weighted by atomic mass is 10.1. The van der Waals surface area contributed by atoms with Crippen molar-refractivity contribution in [2.24, 2.45) is 0 Å². The van der Waals surface area contributed by atoms with Crippen LogP contribution in [0.15, 0.2) is 41.0 Å². The van der Waals surface area contributed by atoms with Gasteiger partial charge in [0.05, 0.1) is 0 Å². The van der Waals surface area contributed by atoms with Gasteiger partial charge in [0.25, 0.3) is 0 Å². The van der Waals surface area contributed by atoms with Gasteiger partial charge in [0, 0.05) is 29.9 Å². The highest BCUT2D eigenvalue weighted by Crippen LogP contribution is 2.21. The number of aromatic nitrogens is 1. The number of pyridine rings is 1. The van der Waals surface area contributed by atoms with E-state index >= 15 is 0 Å². The Kier molecular flexibility index (Phi) is 3.87. The first-order chi connectivity index (χ1) is 8.58. The number of rotatable bonds is 3. The summed E-state index contributed by atoms with van der Waals surface area (Å²) in [6, 6.07) is 9.96. The average Bonchev–Trinajstić information content (AvgIpc) is 2.35. The second kappa shape index (κ2) is 5.40. The first-order valence-electron chi connectivity index (χ1n) is 5.74. The van der Waals surface area contributed by atoms with Crippen molar-refractivity contribution in [1.29, 1.82) is 0 Å². The van der Waals surface area contributed by atoms with Crippen LogP contribution >= 0.6 is 15.9 Å². The zero-order valence-electron chi connectivity index (χ0n) is 10.5. The number of nitrogen functional groups attached to an aromatic ring is 1. The number of aryl methyl sites for hydroxylation is 1. The van der Waals surface area contributed by atoms with Gasteiger partial charge in [-0.15, -0.1) is 0 Å². The number of benzene rings is 1. The van der Waals surface area contributed by atoms with Gasteiger partial charge in [-0.05, 0) is 46.1 Å². The maximum absolute atomic E-state index is 5.95. The molecule has 4 heteroatoms. The largest absolute Gasteiger partial charge is 0.398 e. The first kappa shape index (κ1) is 12.9. The summed E-state index contributed by atoms with van der Waals surface area (Å²) in [6.07, 6.45) is 1.83. The lowest BCUT2D eigenvalue weighted by Gasteiger charge is -2.19. The zero-order valence-corrected chi connectivity index (χ0v) is 12.1. The maximum Gasteiger partial charge on any atom is 0.128 e.